The molecule has 3 rings (SSSR count). The summed E-state index contributed by atoms with van der Waals surface area (Å²) >= 11 is 3.53. The highest BCUT2D eigenvalue weighted by Crippen LogP contribution is 2.43. The van der Waals surface area contributed by atoms with Gasteiger partial charge >= 0.3 is 0 Å². The predicted molar refractivity (Wildman–Crippen MR) is 107 cm³/mol. The van der Waals surface area contributed by atoms with Crippen LogP contribution in [0.15, 0.2) is 23.8 Å². The van der Waals surface area contributed by atoms with Crippen LogP contribution in [0, 0.1) is 29.6 Å². The zero-order valence-electron chi connectivity index (χ0n) is 15.6. The molecular formula is C22H38S. The second-order valence-corrected chi connectivity index (χ2v) is 8.16. The third kappa shape index (κ3) is 5.15. The second-order valence-electron chi connectivity index (χ2n) is 8.16. The molecule has 0 bridgehead atoms. The first-order chi connectivity index (χ1) is 11.3. The first-order valence-electron chi connectivity index (χ1n) is 10.1. The number of rotatable bonds is 3. The molecule has 0 amide bonds. The highest BCUT2D eigenvalue weighted by atomic mass is 32.1. The lowest BCUT2D eigenvalue weighted by atomic mass is 9.67. The van der Waals surface area contributed by atoms with Crippen molar-refractivity contribution in [1.29, 1.82) is 0 Å². The number of hydrogen-bond acceptors (Lipinski definition) is 1. The lowest BCUT2D eigenvalue weighted by Crippen LogP contribution is -2.29. The van der Waals surface area contributed by atoms with Gasteiger partial charge in [0.1, 0.15) is 0 Å². The van der Waals surface area contributed by atoms with Crippen LogP contribution in [-0.4, -0.2) is 6.26 Å². The van der Waals surface area contributed by atoms with Gasteiger partial charge in [0, 0.05) is 0 Å². The molecule has 0 aromatic heterocycles. The third-order valence-corrected chi connectivity index (χ3v) is 6.38. The number of allylic oxidation sites excluding steroid dienone is 4. The Kier molecular flexibility index (Phi) is 8.30. The molecule has 0 aromatic rings. The molecule has 3 aliphatic rings. The van der Waals surface area contributed by atoms with Crippen LogP contribution in [0.25, 0.3) is 0 Å². The van der Waals surface area contributed by atoms with E-state index in [1.54, 1.807) is 11.8 Å². The maximum absolute atomic E-state index is 3.53. The smallest absolute Gasteiger partial charge is 0.0136 e. The van der Waals surface area contributed by atoms with E-state index >= 15 is 0 Å². The van der Waals surface area contributed by atoms with Gasteiger partial charge in [0.05, 0.1) is 0 Å². The molecule has 23 heavy (non-hydrogen) atoms. The minimum atomic E-state index is 0.792. The SMILES string of the molecule is CC(C)C1C=C(C2CCCCC2)C=CC1C1CCCCC1.CS. The predicted octanol–water partition coefficient (Wildman–Crippen LogP) is 7.08. The van der Waals surface area contributed by atoms with Gasteiger partial charge in [0.25, 0.3) is 0 Å². The maximum Gasteiger partial charge on any atom is -0.0136 e. The van der Waals surface area contributed by atoms with Crippen LogP contribution in [0.1, 0.15) is 78.1 Å². The summed E-state index contributed by atoms with van der Waals surface area (Å²) in [4.78, 5) is 0. The van der Waals surface area contributed by atoms with Gasteiger partial charge in [-0.15, -0.1) is 0 Å². The largest absolute Gasteiger partial charge is 0.183 e. The fourth-order valence-corrected chi connectivity index (χ4v) is 5.07. The molecule has 0 spiro atoms. The topological polar surface area (TPSA) is 0 Å². The van der Waals surface area contributed by atoms with Crippen molar-refractivity contribution in [2.45, 2.75) is 78.1 Å². The van der Waals surface area contributed by atoms with Gasteiger partial charge in [-0.05, 0) is 67.1 Å². The van der Waals surface area contributed by atoms with E-state index in [9.17, 15) is 0 Å². The van der Waals surface area contributed by atoms with Gasteiger partial charge in [-0.1, -0.05) is 70.6 Å². The Labute approximate surface area is 150 Å². The molecule has 132 valence electrons. The first-order valence-corrected chi connectivity index (χ1v) is 11.0. The van der Waals surface area contributed by atoms with E-state index in [0.717, 1.165) is 29.6 Å². The van der Waals surface area contributed by atoms with Gasteiger partial charge in [0.2, 0.25) is 0 Å². The minimum absolute atomic E-state index is 0.792. The normalized spacial score (nSPS) is 29.9. The molecule has 0 aliphatic heterocycles. The number of thiol groups is 1. The molecule has 1 heteroatoms. The van der Waals surface area contributed by atoms with Gasteiger partial charge in [0.15, 0.2) is 0 Å². The quantitative estimate of drug-likeness (QED) is 0.524. The molecular weight excluding hydrogens is 296 g/mol. The molecule has 3 aliphatic carbocycles. The second kappa shape index (κ2) is 9.97. The molecule has 2 saturated carbocycles. The van der Waals surface area contributed by atoms with E-state index in [-0.39, 0.29) is 0 Å². The summed E-state index contributed by atoms with van der Waals surface area (Å²) in [5.74, 6) is 4.27. The summed E-state index contributed by atoms with van der Waals surface area (Å²) in [6.07, 6.45) is 24.2. The van der Waals surface area contributed by atoms with Crippen molar-refractivity contribution in [1.82, 2.24) is 0 Å². The monoisotopic (exact) mass is 334 g/mol. The lowest BCUT2D eigenvalue weighted by molar-refractivity contribution is 0.209. The zero-order valence-corrected chi connectivity index (χ0v) is 16.5. The van der Waals surface area contributed by atoms with Crippen molar-refractivity contribution in [3.05, 3.63) is 23.8 Å². The van der Waals surface area contributed by atoms with Crippen LogP contribution < -0.4 is 0 Å². The molecule has 0 aromatic carbocycles. The van der Waals surface area contributed by atoms with Crippen LogP contribution in [-0.2, 0) is 0 Å². The van der Waals surface area contributed by atoms with E-state index in [1.165, 1.54) is 64.2 Å². The standard InChI is InChI=1S/C21H34.CH4S/c1-16(2)21-15-19(17-9-5-3-6-10-17)13-14-20(21)18-11-7-4-8-12-18;1-2/h13-18,20-21H,3-12H2,1-2H3;2H,1H3. The molecule has 0 radical (unpaired) electrons. The van der Waals surface area contributed by atoms with Gasteiger partial charge in [-0.3, -0.25) is 0 Å². The van der Waals surface area contributed by atoms with E-state index in [4.69, 9.17) is 0 Å². The Morgan fingerprint density at radius 3 is 2.00 bits per heavy atom. The summed E-state index contributed by atoms with van der Waals surface area (Å²) < 4.78 is 0. The van der Waals surface area contributed by atoms with Crippen LogP contribution in [0.4, 0.5) is 0 Å². The Bertz CT molecular complexity index is 381. The van der Waals surface area contributed by atoms with Crippen LogP contribution in [0.5, 0.6) is 0 Å². The van der Waals surface area contributed by atoms with Crippen molar-refractivity contribution >= 4 is 12.6 Å². The molecule has 0 N–H and O–H groups in total. The lowest BCUT2D eigenvalue weighted by Gasteiger charge is -2.38. The summed E-state index contributed by atoms with van der Waals surface area (Å²) in [6.45, 7) is 4.88. The minimum Gasteiger partial charge on any atom is -0.183 e. The zero-order chi connectivity index (χ0) is 16.7. The average molecular weight is 335 g/mol. The Hall–Kier alpha value is -0.170. The van der Waals surface area contributed by atoms with Crippen molar-refractivity contribution in [3.8, 4) is 0 Å². The molecule has 0 nitrogen and oxygen atoms in total. The van der Waals surface area contributed by atoms with Gasteiger partial charge in [-0.2, -0.15) is 12.6 Å². The van der Waals surface area contributed by atoms with E-state index in [0.29, 0.717) is 0 Å². The van der Waals surface area contributed by atoms with E-state index in [2.05, 4.69) is 44.7 Å². The van der Waals surface area contributed by atoms with E-state index < -0.39 is 0 Å². The summed E-state index contributed by atoms with van der Waals surface area (Å²) in [7, 11) is 0. The van der Waals surface area contributed by atoms with Crippen molar-refractivity contribution in [2.75, 3.05) is 6.26 Å². The number of hydrogen-bond donors (Lipinski definition) is 1. The first kappa shape index (κ1) is 19.2. The molecule has 2 fully saturated rings. The van der Waals surface area contributed by atoms with Gasteiger partial charge < -0.3 is 0 Å². The van der Waals surface area contributed by atoms with Crippen LogP contribution in [0.3, 0.4) is 0 Å². The fraction of sp³-hybridized carbons (Fsp3) is 0.818. The summed E-state index contributed by atoms with van der Waals surface area (Å²) in [5.41, 5.74) is 1.69. The highest BCUT2D eigenvalue weighted by molar-refractivity contribution is 7.79. The Morgan fingerprint density at radius 2 is 1.43 bits per heavy atom. The van der Waals surface area contributed by atoms with Crippen molar-refractivity contribution in [2.24, 2.45) is 29.6 Å². The van der Waals surface area contributed by atoms with Crippen molar-refractivity contribution < 1.29 is 0 Å². The summed E-state index contributed by atoms with van der Waals surface area (Å²) in [6, 6.07) is 0. The molecule has 0 saturated heterocycles. The average Bonchev–Trinajstić information content (AvgIpc) is 2.64. The maximum atomic E-state index is 3.53. The van der Waals surface area contributed by atoms with Gasteiger partial charge in [-0.25, -0.2) is 0 Å². The van der Waals surface area contributed by atoms with Crippen molar-refractivity contribution in [3.63, 3.8) is 0 Å². The summed E-state index contributed by atoms with van der Waals surface area (Å²) in [5, 5.41) is 0. The van der Waals surface area contributed by atoms with E-state index in [1.807, 2.05) is 0 Å². The molecule has 0 heterocycles. The highest BCUT2D eigenvalue weighted by Gasteiger charge is 2.32. The molecule has 2 atom stereocenters. The fourth-order valence-electron chi connectivity index (χ4n) is 5.07. The Morgan fingerprint density at radius 1 is 0.870 bits per heavy atom. The van der Waals surface area contributed by atoms with Crippen LogP contribution >= 0.6 is 12.6 Å². The van der Waals surface area contributed by atoms with Crippen LogP contribution in [0.2, 0.25) is 0 Å². The molecule has 2 unspecified atom stereocenters. The Balaban J connectivity index is 0.000000924. The third-order valence-electron chi connectivity index (χ3n) is 6.38.